The summed E-state index contributed by atoms with van der Waals surface area (Å²) in [6.45, 7) is 8.45. The fourth-order valence-electron chi connectivity index (χ4n) is 0.959. The Kier molecular flexibility index (Phi) is 10.6. The van der Waals surface area contributed by atoms with Crippen molar-refractivity contribution in [1.82, 2.24) is 0 Å². The van der Waals surface area contributed by atoms with E-state index < -0.39 is 5.47 Å². The SMILES string of the molecule is CCCC(C)CSP(O)(=S)C(C)C.Cl. The van der Waals surface area contributed by atoms with Gasteiger partial charge in [0.05, 0.1) is 0 Å². The largest absolute Gasteiger partial charge is 0.357 e. The van der Waals surface area contributed by atoms with Crippen molar-refractivity contribution in [2.24, 2.45) is 5.92 Å². The first-order valence-corrected chi connectivity index (χ1v) is 9.28. The molecule has 0 amide bonds. The highest BCUT2D eigenvalue weighted by Crippen LogP contribution is 2.59. The zero-order valence-corrected chi connectivity index (χ0v) is 12.7. The predicted octanol–water partition coefficient (Wildman–Crippen LogP) is 4.29. The molecule has 0 spiro atoms. The van der Waals surface area contributed by atoms with Crippen LogP contribution in [-0.4, -0.2) is 16.3 Å². The number of hydrogen-bond donors (Lipinski definition) is 1. The van der Waals surface area contributed by atoms with Gasteiger partial charge in [-0.25, -0.2) is 0 Å². The molecule has 2 unspecified atom stereocenters. The quantitative estimate of drug-likeness (QED) is 0.731. The van der Waals surface area contributed by atoms with Crippen LogP contribution in [0.25, 0.3) is 0 Å². The van der Waals surface area contributed by atoms with E-state index in [1.54, 1.807) is 11.4 Å². The van der Waals surface area contributed by atoms with E-state index in [9.17, 15) is 4.89 Å². The minimum absolute atomic E-state index is 0. The van der Waals surface area contributed by atoms with Gasteiger partial charge in [0.2, 0.25) is 0 Å². The Morgan fingerprint density at radius 1 is 1.36 bits per heavy atom. The van der Waals surface area contributed by atoms with Gasteiger partial charge in [-0.3, -0.25) is 0 Å². The Balaban J connectivity index is 0. The lowest BCUT2D eigenvalue weighted by Crippen LogP contribution is -2.00. The van der Waals surface area contributed by atoms with Crippen LogP contribution in [0.15, 0.2) is 0 Å². The van der Waals surface area contributed by atoms with Crippen LogP contribution >= 0.6 is 29.3 Å². The molecular weight excluding hydrogens is 255 g/mol. The highest BCUT2D eigenvalue weighted by Gasteiger charge is 2.19. The molecule has 0 fully saturated rings. The summed E-state index contributed by atoms with van der Waals surface area (Å²) in [6.07, 6.45) is 2.46. The fourth-order valence-corrected chi connectivity index (χ4v) is 4.74. The molecule has 1 nitrogen and oxygen atoms in total. The molecule has 0 aromatic carbocycles. The Labute approximate surface area is 104 Å². The molecule has 0 bridgehead atoms. The van der Waals surface area contributed by atoms with Crippen LogP contribution in [0.1, 0.15) is 40.5 Å². The van der Waals surface area contributed by atoms with Crippen molar-refractivity contribution in [2.75, 3.05) is 5.75 Å². The number of rotatable bonds is 6. The molecule has 5 heteroatoms. The van der Waals surface area contributed by atoms with Crippen LogP contribution in [0, 0.1) is 5.92 Å². The van der Waals surface area contributed by atoms with E-state index >= 15 is 0 Å². The normalized spacial score (nSPS) is 17.3. The third-order valence-corrected chi connectivity index (χ3v) is 9.41. The molecule has 0 aromatic rings. The molecule has 0 radical (unpaired) electrons. The van der Waals surface area contributed by atoms with E-state index in [0.29, 0.717) is 5.92 Å². The first kappa shape index (κ1) is 17.6. The molecule has 0 aliphatic rings. The van der Waals surface area contributed by atoms with Gasteiger partial charge < -0.3 is 4.89 Å². The van der Waals surface area contributed by atoms with Crippen LogP contribution in [0.5, 0.6) is 0 Å². The monoisotopic (exact) mass is 276 g/mol. The van der Waals surface area contributed by atoms with Crippen molar-refractivity contribution in [3.05, 3.63) is 0 Å². The number of halogens is 1. The second-order valence-corrected chi connectivity index (χ2v) is 11.4. The van der Waals surface area contributed by atoms with Gasteiger partial charge in [-0.15, -0.1) is 12.4 Å². The van der Waals surface area contributed by atoms with Gasteiger partial charge in [0.1, 0.15) is 5.47 Å². The van der Waals surface area contributed by atoms with Gasteiger partial charge in [0, 0.05) is 11.4 Å². The van der Waals surface area contributed by atoms with Crippen LogP contribution in [0.3, 0.4) is 0 Å². The van der Waals surface area contributed by atoms with E-state index in [2.05, 4.69) is 13.8 Å². The standard InChI is InChI=1S/C9H21OPS2.ClH/c1-5-6-9(4)7-13-11(10,12)8(2)3;/h8-9H,5-7H2,1-4H3,(H,10,12);1H. The van der Waals surface area contributed by atoms with E-state index in [0.717, 1.165) is 5.75 Å². The Bertz CT molecular complexity index is 188. The fraction of sp³-hybridized carbons (Fsp3) is 1.00. The average molecular weight is 277 g/mol. The maximum Gasteiger partial charge on any atom is 0.119 e. The molecule has 88 valence electrons. The van der Waals surface area contributed by atoms with Crippen molar-refractivity contribution in [3.63, 3.8) is 0 Å². The Hall–Kier alpha value is 1.25. The van der Waals surface area contributed by atoms with Gasteiger partial charge in [-0.1, -0.05) is 63.7 Å². The van der Waals surface area contributed by atoms with Crippen molar-refractivity contribution in [1.29, 1.82) is 0 Å². The van der Waals surface area contributed by atoms with Gasteiger partial charge in [0.25, 0.3) is 0 Å². The Morgan fingerprint density at radius 2 is 1.86 bits per heavy atom. The summed E-state index contributed by atoms with van der Waals surface area (Å²) < 4.78 is 0. The molecule has 0 aliphatic heterocycles. The summed E-state index contributed by atoms with van der Waals surface area (Å²) in [7, 11) is 0. The zero-order valence-electron chi connectivity index (χ0n) is 9.40. The third kappa shape index (κ3) is 7.53. The summed E-state index contributed by atoms with van der Waals surface area (Å²) in [4.78, 5) is 9.90. The first-order chi connectivity index (χ1) is 5.90. The van der Waals surface area contributed by atoms with Gasteiger partial charge in [-0.2, -0.15) is 0 Å². The molecule has 0 heterocycles. The van der Waals surface area contributed by atoms with E-state index in [1.807, 2.05) is 13.8 Å². The van der Waals surface area contributed by atoms with Crippen molar-refractivity contribution in [3.8, 4) is 0 Å². The second kappa shape index (κ2) is 8.41. The zero-order chi connectivity index (χ0) is 10.5. The lowest BCUT2D eigenvalue weighted by atomic mass is 10.1. The minimum atomic E-state index is -2.09. The van der Waals surface area contributed by atoms with Crippen molar-refractivity contribution < 1.29 is 4.89 Å². The Morgan fingerprint density at radius 3 is 2.21 bits per heavy atom. The summed E-state index contributed by atoms with van der Waals surface area (Å²) >= 11 is 6.82. The maximum absolute atomic E-state index is 9.90. The van der Waals surface area contributed by atoms with Crippen LogP contribution in [0.2, 0.25) is 0 Å². The topological polar surface area (TPSA) is 20.2 Å². The van der Waals surface area contributed by atoms with E-state index in [-0.39, 0.29) is 18.1 Å². The maximum atomic E-state index is 9.90. The minimum Gasteiger partial charge on any atom is -0.357 e. The average Bonchev–Trinajstić information content (AvgIpc) is 2.01. The highest BCUT2D eigenvalue weighted by atomic mass is 35.5. The van der Waals surface area contributed by atoms with E-state index in [1.165, 1.54) is 12.8 Å². The molecule has 0 saturated carbocycles. The lowest BCUT2D eigenvalue weighted by molar-refractivity contribution is 0.584. The smallest absolute Gasteiger partial charge is 0.119 e. The predicted molar refractivity (Wildman–Crippen MR) is 75.4 cm³/mol. The summed E-state index contributed by atoms with van der Waals surface area (Å²) in [6, 6.07) is 0. The molecule has 0 saturated heterocycles. The lowest BCUT2D eigenvalue weighted by Gasteiger charge is -2.20. The third-order valence-electron chi connectivity index (χ3n) is 1.98. The number of hydrogen-bond acceptors (Lipinski definition) is 2. The van der Waals surface area contributed by atoms with Crippen LogP contribution < -0.4 is 0 Å². The van der Waals surface area contributed by atoms with Crippen molar-refractivity contribution in [2.45, 2.75) is 46.2 Å². The molecule has 0 rings (SSSR count). The molecule has 0 aliphatic carbocycles. The molecule has 14 heavy (non-hydrogen) atoms. The van der Waals surface area contributed by atoms with Gasteiger partial charge in [-0.05, 0) is 5.92 Å². The molecule has 1 N–H and O–H groups in total. The van der Waals surface area contributed by atoms with Gasteiger partial charge >= 0.3 is 0 Å². The summed E-state index contributed by atoms with van der Waals surface area (Å²) in [5.74, 6) is 1.70. The summed E-state index contributed by atoms with van der Waals surface area (Å²) in [5.41, 5.74) is -1.84. The van der Waals surface area contributed by atoms with E-state index in [4.69, 9.17) is 11.8 Å². The second-order valence-electron chi connectivity index (χ2n) is 3.85. The van der Waals surface area contributed by atoms with Crippen LogP contribution in [-0.2, 0) is 11.8 Å². The molecule has 0 aromatic heterocycles. The molecular formula is C9H22ClOPS2. The summed E-state index contributed by atoms with van der Waals surface area (Å²) in [5, 5.41) is 0. The van der Waals surface area contributed by atoms with Gasteiger partial charge in [0.15, 0.2) is 0 Å². The van der Waals surface area contributed by atoms with Crippen LogP contribution in [0.4, 0.5) is 0 Å². The highest BCUT2D eigenvalue weighted by molar-refractivity contribution is 8.69. The first-order valence-electron chi connectivity index (χ1n) is 4.87. The van der Waals surface area contributed by atoms with Crippen molar-refractivity contribution >= 4 is 41.1 Å². The molecule has 2 atom stereocenters.